The van der Waals surface area contributed by atoms with E-state index in [1.165, 1.54) is 0 Å². The fourth-order valence-electron chi connectivity index (χ4n) is 3.54. The van der Waals surface area contributed by atoms with E-state index in [4.69, 9.17) is 0 Å². The van der Waals surface area contributed by atoms with Gasteiger partial charge in [-0.15, -0.1) is 11.3 Å². The molecule has 0 saturated carbocycles. The van der Waals surface area contributed by atoms with Crippen molar-refractivity contribution in [3.05, 3.63) is 47.1 Å². The number of carbonyl (C=O) groups excluding carboxylic acids is 1. The number of aryl methyl sites for hydroxylation is 2. The molecule has 27 heavy (non-hydrogen) atoms. The Balaban J connectivity index is 1.36. The van der Waals surface area contributed by atoms with Crippen molar-refractivity contribution >= 4 is 39.0 Å². The lowest BCUT2D eigenvalue weighted by molar-refractivity contribution is -0.117. The second kappa shape index (κ2) is 7.62. The van der Waals surface area contributed by atoms with Crippen molar-refractivity contribution in [3.63, 3.8) is 0 Å². The monoisotopic (exact) mass is 381 g/mol. The first kappa shape index (κ1) is 17.9. The third-order valence-corrected chi connectivity index (χ3v) is 5.85. The molecule has 1 aromatic carbocycles. The quantitative estimate of drug-likeness (QED) is 0.753. The maximum Gasteiger partial charge on any atom is 0.238 e. The summed E-state index contributed by atoms with van der Waals surface area (Å²) in [4.78, 5) is 26.8. The molecule has 1 amide bonds. The number of amides is 1. The predicted molar refractivity (Wildman–Crippen MR) is 111 cm³/mol. The molecular weight excluding hydrogens is 358 g/mol. The van der Waals surface area contributed by atoms with Gasteiger partial charge in [-0.3, -0.25) is 9.69 Å². The van der Waals surface area contributed by atoms with Crippen molar-refractivity contribution in [1.82, 2.24) is 14.9 Å². The van der Waals surface area contributed by atoms with E-state index in [1.807, 2.05) is 32.0 Å². The van der Waals surface area contributed by atoms with Crippen molar-refractivity contribution in [2.45, 2.75) is 13.8 Å². The van der Waals surface area contributed by atoms with Gasteiger partial charge in [-0.25, -0.2) is 9.97 Å². The number of hydrogen-bond donors (Lipinski definition) is 1. The van der Waals surface area contributed by atoms with Crippen LogP contribution >= 0.6 is 11.3 Å². The molecule has 7 heteroatoms. The summed E-state index contributed by atoms with van der Waals surface area (Å²) in [6.07, 6.45) is 1.64. The van der Waals surface area contributed by atoms with Gasteiger partial charge in [-0.1, -0.05) is 18.2 Å². The van der Waals surface area contributed by atoms with Crippen LogP contribution in [0.1, 0.15) is 11.1 Å². The molecule has 0 unspecified atom stereocenters. The van der Waals surface area contributed by atoms with E-state index in [-0.39, 0.29) is 5.91 Å². The molecule has 4 rings (SSSR count). The Bertz CT molecular complexity index is 942. The van der Waals surface area contributed by atoms with Crippen molar-refractivity contribution in [2.24, 2.45) is 0 Å². The highest BCUT2D eigenvalue weighted by atomic mass is 32.1. The smallest absolute Gasteiger partial charge is 0.238 e. The Morgan fingerprint density at radius 2 is 1.85 bits per heavy atom. The van der Waals surface area contributed by atoms with Gasteiger partial charge in [0.1, 0.15) is 17.0 Å². The van der Waals surface area contributed by atoms with Crippen LogP contribution in [0.5, 0.6) is 0 Å². The van der Waals surface area contributed by atoms with Crippen LogP contribution in [0.25, 0.3) is 10.2 Å². The first-order valence-electron chi connectivity index (χ1n) is 9.13. The number of thiophene rings is 1. The minimum absolute atomic E-state index is 0.0445. The molecule has 1 aliphatic heterocycles. The third kappa shape index (κ3) is 3.79. The maximum absolute atomic E-state index is 12.5. The molecule has 140 valence electrons. The highest BCUT2D eigenvalue weighted by molar-refractivity contribution is 7.16. The summed E-state index contributed by atoms with van der Waals surface area (Å²) in [5.74, 6) is 1.05. The average Bonchev–Trinajstić information content (AvgIpc) is 3.14. The number of piperazine rings is 1. The summed E-state index contributed by atoms with van der Waals surface area (Å²) >= 11 is 1.64. The zero-order valence-corrected chi connectivity index (χ0v) is 16.4. The molecule has 6 nitrogen and oxygen atoms in total. The standard InChI is InChI=1S/C20H23N5OS/c1-14-4-3-5-15(2)18(14)23-17(26)12-24-7-9-25(10-8-24)19-16-6-11-27-20(16)22-13-21-19/h3-6,11,13H,7-10,12H2,1-2H3,(H,23,26). The molecule has 1 N–H and O–H groups in total. The van der Waals surface area contributed by atoms with Gasteiger partial charge in [0.15, 0.2) is 0 Å². The number of fused-ring (bicyclic) bond motifs is 1. The SMILES string of the molecule is Cc1cccc(C)c1NC(=O)CN1CCN(c2ncnc3sccc23)CC1. The van der Waals surface area contributed by atoms with Crippen LogP contribution in [0.15, 0.2) is 36.0 Å². The van der Waals surface area contributed by atoms with E-state index in [0.717, 1.165) is 59.0 Å². The van der Waals surface area contributed by atoms with E-state index >= 15 is 0 Å². The van der Waals surface area contributed by atoms with Gasteiger partial charge in [0.05, 0.1) is 11.9 Å². The number of nitrogens with one attached hydrogen (secondary N) is 1. The highest BCUT2D eigenvalue weighted by Crippen LogP contribution is 2.27. The maximum atomic E-state index is 12.5. The summed E-state index contributed by atoms with van der Waals surface area (Å²) in [5, 5.41) is 6.24. The van der Waals surface area contributed by atoms with Crippen LogP contribution in [-0.2, 0) is 4.79 Å². The summed E-state index contributed by atoms with van der Waals surface area (Å²) in [6.45, 7) is 7.87. The Morgan fingerprint density at radius 1 is 1.11 bits per heavy atom. The number of carbonyl (C=O) groups is 1. The number of nitrogens with zero attached hydrogens (tertiary/aromatic N) is 4. The summed E-state index contributed by atoms with van der Waals surface area (Å²) < 4.78 is 0. The van der Waals surface area contributed by atoms with Gasteiger partial charge in [0, 0.05) is 31.9 Å². The number of aromatic nitrogens is 2. The number of benzene rings is 1. The molecule has 0 aliphatic carbocycles. The molecule has 1 aliphatic rings. The highest BCUT2D eigenvalue weighted by Gasteiger charge is 2.22. The molecule has 0 radical (unpaired) electrons. The van der Waals surface area contributed by atoms with E-state index in [2.05, 4.69) is 36.5 Å². The molecule has 3 heterocycles. The Hall–Kier alpha value is -2.51. The van der Waals surface area contributed by atoms with E-state index in [0.29, 0.717) is 6.54 Å². The minimum Gasteiger partial charge on any atom is -0.353 e. The fraction of sp³-hybridized carbons (Fsp3) is 0.350. The molecule has 1 saturated heterocycles. The van der Waals surface area contributed by atoms with Crippen LogP contribution in [0.2, 0.25) is 0 Å². The zero-order chi connectivity index (χ0) is 18.8. The number of para-hydroxylation sites is 1. The first-order chi connectivity index (χ1) is 13.1. The third-order valence-electron chi connectivity index (χ3n) is 5.03. The molecule has 0 spiro atoms. The van der Waals surface area contributed by atoms with Crippen LogP contribution < -0.4 is 10.2 Å². The molecule has 0 bridgehead atoms. The van der Waals surface area contributed by atoms with Crippen LogP contribution in [0.3, 0.4) is 0 Å². The summed E-state index contributed by atoms with van der Waals surface area (Å²) in [5.41, 5.74) is 3.12. The topological polar surface area (TPSA) is 61.4 Å². The number of rotatable bonds is 4. The van der Waals surface area contributed by atoms with Crippen molar-refractivity contribution in [1.29, 1.82) is 0 Å². The molecule has 0 atom stereocenters. The molecule has 1 fully saturated rings. The summed E-state index contributed by atoms with van der Waals surface area (Å²) in [6, 6.07) is 8.14. The largest absolute Gasteiger partial charge is 0.353 e. The molecule has 3 aromatic rings. The predicted octanol–water partition coefficient (Wildman–Crippen LogP) is 3.07. The molecule has 2 aromatic heterocycles. The number of anilines is 2. The Kier molecular flexibility index (Phi) is 5.05. The lowest BCUT2D eigenvalue weighted by Gasteiger charge is -2.35. The van der Waals surface area contributed by atoms with E-state index in [9.17, 15) is 4.79 Å². The summed E-state index contributed by atoms with van der Waals surface area (Å²) in [7, 11) is 0. The first-order valence-corrected chi connectivity index (χ1v) is 10.0. The van der Waals surface area contributed by atoms with Gasteiger partial charge >= 0.3 is 0 Å². The van der Waals surface area contributed by atoms with Crippen LogP contribution in [0, 0.1) is 13.8 Å². The van der Waals surface area contributed by atoms with Crippen LogP contribution in [0.4, 0.5) is 11.5 Å². The lowest BCUT2D eigenvalue weighted by atomic mass is 10.1. The van der Waals surface area contributed by atoms with E-state index in [1.54, 1.807) is 17.7 Å². The minimum atomic E-state index is 0.0445. The number of hydrogen-bond acceptors (Lipinski definition) is 6. The fourth-order valence-corrected chi connectivity index (χ4v) is 4.27. The Morgan fingerprint density at radius 3 is 2.59 bits per heavy atom. The van der Waals surface area contributed by atoms with E-state index < -0.39 is 0 Å². The van der Waals surface area contributed by atoms with Gasteiger partial charge in [0.2, 0.25) is 5.91 Å². The van der Waals surface area contributed by atoms with Gasteiger partial charge in [-0.2, -0.15) is 0 Å². The van der Waals surface area contributed by atoms with Crippen molar-refractivity contribution < 1.29 is 4.79 Å². The second-order valence-electron chi connectivity index (χ2n) is 6.91. The van der Waals surface area contributed by atoms with Gasteiger partial charge in [-0.05, 0) is 36.4 Å². The molecular formula is C20H23N5OS. The van der Waals surface area contributed by atoms with Gasteiger partial charge in [0.25, 0.3) is 0 Å². The average molecular weight is 382 g/mol. The van der Waals surface area contributed by atoms with Crippen molar-refractivity contribution in [3.8, 4) is 0 Å². The van der Waals surface area contributed by atoms with Crippen molar-refractivity contribution in [2.75, 3.05) is 42.9 Å². The lowest BCUT2D eigenvalue weighted by Crippen LogP contribution is -2.49. The Labute approximate surface area is 162 Å². The zero-order valence-electron chi connectivity index (χ0n) is 15.6. The van der Waals surface area contributed by atoms with Crippen LogP contribution in [-0.4, -0.2) is 53.5 Å². The normalized spacial score (nSPS) is 15.3. The second-order valence-corrected chi connectivity index (χ2v) is 7.81. The van der Waals surface area contributed by atoms with Gasteiger partial charge < -0.3 is 10.2 Å².